The summed E-state index contributed by atoms with van der Waals surface area (Å²) in [5, 5.41) is 0.933. The molecule has 0 bridgehead atoms. The lowest BCUT2D eigenvalue weighted by molar-refractivity contribution is 0.103. The molecule has 0 saturated carbocycles. The fourth-order valence-corrected chi connectivity index (χ4v) is 5.69. The molecule has 5 nitrogen and oxygen atoms in total. The molecule has 0 N–H and O–H groups in total. The van der Waals surface area contributed by atoms with Crippen LogP contribution >= 0.6 is 11.3 Å². The summed E-state index contributed by atoms with van der Waals surface area (Å²) >= 11 is 1.60. The van der Waals surface area contributed by atoms with Crippen molar-refractivity contribution in [2.75, 3.05) is 40.5 Å². The Kier molecular flexibility index (Phi) is 8.83. The first-order valence-corrected chi connectivity index (χ1v) is 13.3. The van der Waals surface area contributed by atoms with Gasteiger partial charge >= 0.3 is 0 Å². The van der Waals surface area contributed by atoms with Crippen molar-refractivity contribution in [1.82, 2.24) is 4.90 Å². The molecule has 1 fully saturated rings. The molecule has 0 atom stereocenters. The van der Waals surface area contributed by atoms with E-state index in [1.807, 2.05) is 68.5 Å². The molecular weight excluding hydrogens is 470 g/mol. The molecule has 0 spiro atoms. The lowest BCUT2D eigenvalue weighted by Gasteiger charge is -2.26. The number of rotatable bonds is 10. The van der Waals surface area contributed by atoms with E-state index < -0.39 is 0 Å². The van der Waals surface area contributed by atoms with Crippen LogP contribution in [0.3, 0.4) is 0 Å². The monoisotopic (exact) mass is 505 g/mol. The largest absolute Gasteiger partial charge is 0.497 e. The lowest BCUT2D eigenvalue weighted by Crippen LogP contribution is -2.32. The number of hydrogen-bond acceptors (Lipinski definition) is 6. The minimum Gasteiger partial charge on any atom is -0.497 e. The van der Waals surface area contributed by atoms with Crippen molar-refractivity contribution in [1.29, 1.82) is 0 Å². The van der Waals surface area contributed by atoms with Crippen molar-refractivity contribution in [3.05, 3.63) is 71.5 Å². The van der Waals surface area contributed by atoms with Gasteiger partial charge in [0.2, 0.25) is 0 Å². The van der Waals surface area contributed by atoms with E-state index in [0.29, 0.717) is 17.7 Å². The number of thiophene rings is 1. The predicted octanol–water partition coefficient (Wildman–Crippen LogP) is 7.12. The van der Waals surface area contributed by atoms with Crippen LogP contribution < -0.4 is 9.47 Å². The molecule has 6 heteroatoms. The second-order valence-corrected chi connectivity index (χ2v) is 10.2. The Balaban J connectivity index is 1.57. The summed E-state index contributed by atoms with van der Waals surface area (Å²) in [5.41, 5.74) is 2.37. The molecular formula is C30H35NO4S. The van der Waals surface area contributed by atoms with Gasteiger partial charge in [0.05, 0.1) is 20.0 Å². The van der Waals surface area contributed by atoms with Crippen molar-refractivity contribution >= 4 is 27.2 Å². The zero-order valence-corrected chi connectivity index (χ0v) is 22.5. The highest BCUT2D eigenvalue weighted by molar-refractivity contribution is 7.22. The highest BCUT2D eigenvalue weighted by atomic mass is 32.1. The third-order valence-corrected chi connectivity index (χ3v) is 7.79. The van der Waals surface area contributed by atoms with E-state index >= 15 is 0 Å². The molecule has 2 aromatic carbocycles. The zero-order valence-electron chi connectivity index (χ0n) is 21.6. The Hall–Kier alpha value is -3.09. The average molecular weight is 506 g/mol. The van der Waals surface area contributed by atoms with Crippen LogP contribution in [-0.2, 0) is 4.74 Å². The third kappa shape index (κ3) is 6.18. The van der Waals surface area contributed by atoms with Crippen LogP contribution in [0.4, 0.5) is 0 Å². The molecule has 0 radical (unpaired) electrons. The molecule has 1 aliphatic rings. The number of likely N-dealkylation sites (tertiary alicyclic amines) is 1. The number of carbonyl (C=O) groups excluding carboxylic acids is 1. The van der Waals surface area contributed by atoms with Gasteiger partial charge in [-0.2, -0.15) is 0 Å². The maximum atomic E-state index is 13.7. The number of allylic oxidation sites excluding steroid dienone is 4. The summed E-state index contributed by atoms with van der Waals surface area (Å²) in [5.74, 6) is 2.38. The highest BCUT2D eigenvalue weighted by Crippen LogP contribution is 2.41. The number of carbonyl (C=O) groups is 1. The van der Waals surface area contributed by atoms with Crippen molar-refractivity contribution in [2.24, 2.45) is 0 Å². The molecule has 1 saturated heterocycles. The summed E-state index contributed by atoms with van der Waals surface area (Å²) in [6, 6.07) is 13.7. The number of Topliss-reactive ketones (excluding diaryl/α,β-unsaturated/α-hetero) is 1. The second kappa shape index (κ2) is 12.2. The number of hydrogen-bond donors (Lipinski definition) is 0. The summed E-state index contributed by atoms with van der Waals surface area (Å²) in [6.07, 6.45) is 7.65. The molecule has 0 unspecified atom stereocenters. The molecule has 2 heterocycles. The summed E-state index contributed by atoms with van der Waals surface area (Å²) < 4.78 is 17.7. The second-order valence-electron chi connectivity index (χ2n) is 9.10. The normalized spacial score (nSPS) is 15.2. The molecule has 3 aromatic rings. The van der Waals surface area contributed by atoms with Gasteiger partial charge in [-0.3, -0.25) is 9.69 Å². The molecule has 1 aromatic heterocycles. The number of ether oxygens (including phenoxy) is 3. The van der Waals surface area contributed by atoms with Crippen LogP contribution in [0.1, 0.15) is 43.5 Å². The number of benzene rings is 2. The van der Waals surface area contributed by atoms with E-state index in [2.05, 4.69) is 4.90 Å². The highest BCUT2D eigenvalue weighted by Gasteiger charge is 2.21. The van der Waals surface area contributed by atoms with Crippen LogP contribution in [0.15, 0.2) is 65.9 Å². The number of ketones is 1. The molecule has 190 valence electrons. The fourth-order valence-electron chi connectivity index (χ4n) is 4.46. The van der Waals surface area contributed by atoms with Crippen LogP contribution in [0.5, 0.6) is 11.5 Å². The number of nitrogens with zero attached hydrogens (tertiary/aromatic N) is 1. The Morgan fingerprint density at radius 1 is 0.944 bits per heavy atom. The van der Waals surface area contributed by atoms with Gasteiger partial charge in [0.25, 0.3) is 0 Å². The number of piperidine rings is 1. The van der Waals surface area contributed by atoms with Gasteiger partial charge in [0, 0.05) is 27.1 Å². The van der Waals surface area contributed by atoms with Gasteiger partial charge in [-0.15, -0.1) is 11.3 Å². The molecule has 4 rings (SSSR count). The zero-order chi connectivity index (χ0) is 25.5. The van der Waals surface area contributed by atoms with E-state index in [-0.39, 0.29) is 5.78 Å². The number of fused-ring (bicyclic) bond motifs is 1. The first-order chi connectivity index (χ1) is 17.5. The smallest absolute Gasteiger partial charge is 0.190 e. The Bertz CT molecular complexity index is 1250. The maximum absolute atomic E-state index is 13.7. The van der Waals surface area contributed by atoms with E-state index in [1.54, 1.807) is 25.6 Å². The van der Waals surface area contributed by atoms with Gasteiger partial charge < -0.3 is 14.2 Å². The van der Waals surface area contributed by atoms with Gasteiger partial charge in [-0.05, 0) is 99.5 Å². The van der Waals surface area contributed by atoms with E-state index in [0.717, 1.165) is 57.4 Å². The summed E-state index contributed by atoms with van der Waals surface area (Å²) in [4.78, 5) is 17.1. The van der Waals surface area contributed by atoms with E-state index in [1.165, 1.54) is 19.3 Å². The maximum Gasteiger partial charge on any atom is 0.190 e. The Labute approximate surface area is 218 Å². The Morgan fingerprint density at radius 3 is 2.33 bits per heavy atom. The summed E-state index contributed by atoms with van der Waals surface area (Å²) in [6.45, 7) is 7.75. The van der Waals surface area contributed by atoms with E-state index in [9.17, 15) is 4.79 Å². The molecule has 0 amide bonds. The van der Waals surface area contributed by atoms with Crippen LogP contribution in [0.2, 0.25) is 0 Å². The quantitative estimate of drug-likeness (QED) is 0.127. The molecule has 36 heavy (non-hydrogen) atoms. The van der Waals surface area contributed by atoms with Crippen molar-refractivity contribution < 1.29 is 19.0 Å². The standard InChI is InChI=1S/C30H35NO4S/c1-21(8-9-22(2)35-19-18-31-16-6-5-7-17-31)29(32)28-26-15-14-25(34-4)20-27(26)36-30(28)23-10-12-24(33-3)13-11-23/h8-15,20H,5-7,16-19H2,1-4H3/b21-8+,22-9+. The topological polar surface area (TPSA) is 48.0 Å². The fraction of sp³-hybridized carbons (Fsp3) is 0.367. The van der Waals surface area contributed by atoms with Gasteiger partial charge in [-0.1, -0.05) is 12.5 Å². The van der Waals surface area contributed by atoms with Gasteiger partial charge in [0.15, 0.2) is 5.78 Å². The average Bonchev–Trinajstić information content (AvgIpc) is 3.30. The molecule has 0 aliphatic carbocycles. The Morgan fingerprint density at radius 2 is 1.64 bits per heavy atom. The first-order valence-electron chi connectivity index (χ1n) is 12.5. The van der Waals surface area contributed by atoms with Crippen LogP contribution in [-0.4, -0.2) is 51.1 Å². The van der Waals surface area contributed by atoms with Gasteiger partial charge in [-0.25, -0.2) is 0 Å². The number of methoxy groups -OCH3 is 2. The minimum atomic E-state index is 0.00889. The lowest BCUT2D eigenvalue weighted by atomic mass is 9.98. The third-order valence-electron chi connectivity index (χ3n) is 6.59. The predicted molar refractivity (Wildman–Crippen MR) is 148 cm³/mol. The summed E-state index contributed by atoms with van der Waals surface area (Å²) in [7, 11) is 3.30. The van der Waals surface area contributed by atoms with Crippen LogP contribution in [0.25, 0.3) is 20.5 Å². The van der Waals surface area contributed by atoms with E-state index in [4.69, 9.17) is 14.2 Å². The SMILES string of the molecule is COc1ccc(-c2sc3cc(OC)ccc3c2C(=O)/C(C)=C/C=C(\C)OCCN2CCCCC2)cc1. The van der Waals surface area contributed by atoms with Crippen LogP contribution in [0, 0.1) is 0 Å². The van der Waals surface area contributed by atoms with Crippen molar-refractivity contribution in [3.63, 3.8) is 0 Å². The van der Waals surface area contributed by atoms with Crippen molar-refractivity contribution in [3.8, 4) is 21.9 Å². The minimum absolute atomic E-state index is 0.00889. The van der Waals surface area contributed by atoms with Gasteiger partial charge in [0.1, 0.15) is 18.1 Å². The first kappa shape index (κ1) is 26.0. The molecule has 1 aliphatic heterocycles. The van der Waals surface area contributed by atoms with Crippen molar-refractivity contribution in [2.45, 2.75) is 33.1 Å².